The van der Waals surface area contributed by atoms with Gasteiger partial charge in [0.2, 0.25) is 0 Å². The topological polar surface area (TPSA) is 38.1 Å². The van der Waals surface area contributed by atoms with E-state index in [1.54, 1.807) is 17.5 Å². The number of rotatable bonds is 4. The molecule has 128 valence electrons. The Balaban J connectivity index is 1.65. The summed E-state index contributed by atoms with van der Waals surface area (Å²) in [5.41, 5.74) is 1.53. The fraction of sp³-hybridized carbons (Fsp3) is 0.263. The van der Waals surface area contributed by atoms with Crippen molar-refractivity contribution in [2.24, 2.45) is 0 Å². The number of hydrogen-bond acceptors (Lipinski definition) is 4. The molecule has 3 heterocycles. The van der Waals surface area contributed by atoms with Crippen molar-refractivity contribution in [2.75, 3.05) is 11.4 Å². The van der Waals surface area contributed by atoms with Gasteiger partial charge in [0.1, 0.15) is 5.02 Å². The summed E-state index contributed by atoms with van der Waals surface area (Å²) >= 11 is 8.20. The highest BCUT2D eigenvalue weighted by Crippen LogP contribution is 2.39. The Morgan fingerprint density at radius 2 is 2.04 bits per heavy atom. The maximum absolute atomic E-state index is 12.7. The molecule has 1 atom stereocenters. The summed E-state index contributed by atoms with van der Waals surface area (Å²) in [6.07, 6.45) is 3.90. The second-order valence-electron chi connectivity index (χ2n) is 6.16. The zero-order valence-electron chi connectivity index (χ0n) is 13.6. The first-order valence-electron chi connectivity index (χ1n) is 8.33. The minimum atomic E-state index is -0.236. The molecule has 1 unspecified atom stereocenters. The van der Waals surface area contributed by atoms with Gasteiger partial charge in [-0.3, -0.25) is 4.79 Å². The van der Waals surface area contributed by atoms with Gasteiger partial charge in [-0.25, -0.2) is 4.68 Å². The van der Waals surface area contributed by atoms with Gasteiger partial charge >= 0.3 is 0 Å². The van der Waals surface area contributed by atoms with E-state index >= 15 is 0 Å². The molecule has 1 aliphatic heterocycles. The zero-order chi connectivity index (χ0) is 17.2. The average molecular weight is 372 g/mol. The van der Waals surface area contributed by atoms with Crippen molar-refractivity contribution in [1.82, 2.24) is 9.78 Å². The van der Waals surface area contributed by atoms with Crippen LogP contribution in [0.25, 0.3) is 0 Å². The molecule has 0 radical (unpaired) electrons. The van der Waals surface area contributed by atoms with Gasteiger partial charge in [0.15, 0.2) is 0 Å². The summed E-state index contributed by atoms with van der Waals surface area (Å²) < 4.78 is 1.43. The van der Waals surface area contributed by atoms with Crippen LogP contribution in [0.3, 0.4) is 0 Å². The zero-order valence-corrected chi connectivity index (χ0v) is 15.2. The van der Waals surface area contributed by atoms with E-state index in [0.29, 0.717) is 6.54 Å². The third kappa shape index (κ3) is 3.22. The minimum Gasteiger partial charge on any atom is -0.361 e. The quantitative estimate of drug-likeness (QED) is 0.684. The molecule has 1 aromatic carbocycles. The Morgan fingerprint density at radius 1 is 1.20 bits per heavy atom. The van der Waals surface area contributed by atoms with Crippen LogP contribution in [0.2, 0.25) is 5.02 Å². The van der Waals surface area contributed by atoms with Crippen LogP contribution in [-0.2, 0) is 6.54 Å². The second kappa shape index (κ2) is 7.02. The van der Waals surface area contributed by atoms with Gasteiger partial charge in [0.05, 0.1) is 24.5 Å². The molecule has 0 bridgehead atoms. The molecule has 4 rings (SSSR count). The number of aromatic nitrogens is 2. The van der Waals surface area contributed by atoms with Crippen molar-refractivity contribution in [3.05, 3.63) is 79.9 Å². The van der Waals surface area contributed by atoms with Crippen LogP contribution in [0.4, 0.5) is 5.69 Å². The van der Waals surface area contributed by atoms with E-state index in [4.69, 9.17) is 11.6 Å². The van der Waals surface area contributed by atoms with Crippen molar-refractivity contribution >= 4 is 28.6 Å². The Bertz CT molecular complexity index is 908. The lowest BCUT2D eigenvalue weighted by molar-refractivity contribution is 0.633. The highest BCUT2D eigenvalue weighted by molar-refractivity contribution is 7.10. The van der Waals surface area contributed by atoms with E-state index in [0.717, 1.165) is 30.6 Å². The van der Waals surface area contributed by atoms with Gasteiger partial charge in [-0.15, -0.1) is 11.3 Å². The third-order valence-corrected chi connectivity index (χ3v) is 5.90. The number of benzene rings is 1. The Hall–Kier alpha value is -2.11. The average Bonchev–Trinajstić information content (AvgIpc) is 3.31. The van der Waals surface area contributed by atoms with E-state index in [9.17, 15) is 4.79 Å². The molecule has 0 spiro atoms. The fourth-order valence-corrected chi connectivity index (χ4v) is 4.49. The maximum atomic E-state index is 12.7. The van der Waals surface area contributed by atoms with Crippen molar-refractivity contribution in [3.8, 4) is 0 Å². The van der Waals surface area contributed by atoms with Gasteiger partial charge in [0, 0.05) is 11.4 Å². The summed E-state index contributed by atoms with van der Waals surface area (Å²) in [4.78, 5) is 16.2. The summed E-state index contributed by atoms with van der Waals surface area (Å²) in [5.74, 6) is 0. The maximum Gasteiger partial charge on any atom is 0.287 e. The Labute approximate surface area is 155 Å². The molecule has 0 saturated carbocycles. The van der Waals surface area contributed by atoms with E-state index < -0.39 is 0 Å². The van der Waals surface area contributed by atoms with Gasteiger partial charge in [-0.2, -0.15) is 5.10 Å². The van der Waals surface area contributed by atoms with Crippen LogP contribution in [0, 0.1) is 0 Å². The molecule has 0 aliphatic carbocycles. The summed E-state index contributed by atoms with van der Waals surface area (Å²) in [7, 11) is 0. The summed E-state index contributed by atoms with van der Waals surface area (Å²) in [5, 5.41) is 6.72. The normalized spacial score (nSPS) is 17.2. The molecule has 2 aromatic heterocycles. The summed E-state index contributed by atoms with van der Waals surface area (Å²) in [6, 6.07) is 14.3. The highest BCUT2D eigenvalue weighted by Gasteiger charge is 2.29. The number of hydrogen-bond donors (Lipinski definition) is 0. The number of anilines is 1. The van der Waals surface area contributed by atoms with Gasteiger partial charge in [-0.05, 0) is 29.9 Å². The lowest BCUT2D eigenvalue weighted by Gasteiger charge is -2.26. The second-order valence-corrected chi connectivity index (χ2v) is 7.52. The van der Waals surface area contributed by atoms with E-state index in [2.05, 4.69) is 27.5 Å². The monoisotopic (exact) mass is 371 g/mol. The molecule has 3 aromatic rings. The van der Waals surface area contributed by atoms with Crippen LogP contribution in [0.5, 0.6) is 0 Å². The molecule has 1 saturated heterocycles. The van der Waals surface area contributed by atoms with Gasteiger partial charge in [0.25, 0.3) is 5.56 Å². The third-order valence-electron chi connectivity index (χ3n) is 4.58. The minimum absolute atomic E-state index is 0.236. The molecule has 1 aliphatic rings. The molecular weight excluding hydrogens is 354 g/mol. The Morgan fingerprint density at radius 3 is 2.80 bits per heavy atom. The van der Waals surface area contributed by atoms with Crippen LogP contribution < -0.4 is 10.5 Å². The first kappa shape index (κ1) is 16.4. The fourth-order valence-electron chi connectivity index (χ4n) is 3.36. The van der Waals surface area contributed by atoms with E-state index in [-0.39, 0.29) is 16.6 Å². The van der Waals surface area contributed by atoms with Gasteiger partial charge in [-0.1, -0.05) is 48.0 Å². The van der Waals surface area contributed by atoms with Crippen LogP contribution in [-0.4, -0.2) is 16.3 Å². The van der Waals surface area contributed by atoms with Crippen LogP contribution in [0.1, 0.15) is 29.3 Å². The first-order valence-corrected chi connectivity index (χ1v) is 9.59. The van der Waals surface area contributed by atoms with Crippen LogP contribution >= 0.6 is 22.9 Å². The van der Waals surface area contributed by atoms with E-state index in [1.165, 1.54) is 9.56 Å². The molecule has 1 fully saturated rings. The number of thiophene rings is 1. The summed E-state index contributed by atoms with van der Waals surface area (Å²) in [6.45, 7) is 1.32. The largest absolute Gasteiger partial charge is 0.361 e. The predicted octanol–water partition coefficient (Wildman–Crippen LogP) is 4.35. The molecular formula is C19H18ClN3OS. The molecule has 0 N–H and O–H groups in total. The smallest absolute Gasteiger partial charge is 0.287 e. The van der Waals surface area contributed by atoms with Crippen LogP contribution in [0.15, 0.2) is 58.8 Å². The number of halogens is 1. The molecule has 25 heavy (non-hydrogen) atoms. The lowest BCUT2D eigenvalue weighted by atomic mass is 10.2. The predicted molar refractivity (Wildman–Crippen MR) is 103 cm³/mol. The molecule has 4 nitrogen and oxygen atoms in total. The Kier molecular flexibility index (Phi) is 4.59. The van der Waals surface area contributed by atoms with Gasteiger partial charge < -0.3 is 4.90 Å². The molecule has 6 heteroatoms. The van der Waals surface area contributed by atoms with Crippen molar-refractivity contribution in [2.45, 2.75) is 25.4 Å². The van der Waals surface area contributed by atoms with Crippen molar-refractivity contribution < 1.29 is 0 Å². The highest BCUT2D eigenvalue weighted by atomic mass is 35.5. The number of nitrogens with zero attached hydrogens (tertiary/aromatic N) is 3. The lowest BCUT2D eigenvalue weighted by Crippen LogP contribution is -2.29. The van der Waals surface area contributed by atoms with Crippen molar-refractivity contribution in [1.29, 1.82) is 0 Å². The van der Waals surface area contributed by atoms with Crippen molar-refractivity contribution in [3.63, 3.8) is 0 Å². The van der Waals surface area contributed by atoms with E-state index in [1.807, 2.05) is 30.3 Å². The standard InChI is InChI=1S/C19H18ClN3OS/c20-18-16(22-10-4-8-15(22)17-9-5-11-25-17)12-21-23(19(18)24)13-14-6-2-1-3-7-14/h1-3,5-7,9,11-12,15H,4,8,10,13H2. The first-order chi connectivity index (χ1) is 12.2. The SMILES string of the molecule is O=c1c(Cl)c(N2CCCC2c2cccs2)cnn1Cc1ccccc1. The molecule has 0 amide bonds.